The first-order chi connectivity index (χ1) is 19.6. The number of hydrogen-bond donors (Lipinski definition) is 0. The van der Waals surface area contributed by atoms with Crippen LogP contribution in [0.1, 0.15) is 11.1 Å². The van der Waals surface area contributed by atoms with Gasteiger partial charge in [-0.2, -0.15) is 8.75 Å². The van der Waals surface area contributed by atoms with E-state index in [-0.39, 0.29) is 6.04 Å². The highest BCUT2D eigenvalue weighted by atomic mass is 32.2. The zero-order valence-electron chi connectivity index (χ0n) is 22.2. The molecule has 1 aromatic heterocycles. The first kappa shape index (κ1) is 25.2. The van der Waals surface area contributed by atoms with Crippen molar-refractivity contribution in [3.8, 4) is 0 Å². The van der Waals surface area contributed by atoms with Gasteiger partial charge in [0.25, 0.3) is 0 Å². The van der Waals surface area contributed by atoms with Gasteiger partial charge in [0.1, 0.15) is 11.0 Å². The molecule has 3 aromatic carbocycles. The summed E-state index contributed by atoms with van der Waals surface area (Å²) in [6, 6.07) is 17.4. The third-order valence-corrected chi connectivity index (χ3v) is 10.7. The molecule has 0 N–H and O–H groups in total. The van der Waals surface area contributed by atoms with Gasteiger partial charge in [-0.15, -0.1) is 17.5 Å². The summed E-state index contributed by atoms with van der Waals surface area (Å²) in [5.74, 6) is 0. The zero-order chi connectivity index (χ0) is 27.4. The van der Waals surface area contributed by atoms with Crippen LogP contribution in [-0.4, -0.2) is 20.0 Å². The van der Waals surface area contributed by atoms with Gasteiger partial charge < -0.3 is 9.80 Å². The number of benzene rings is 3. The van der Waals surface area contributed by atoms with Crippen LogP contribution in [0.4, 0.5) is 22.7 Å². The van der Waals surface area contributed by atoms with Crippen molar-refractivity contribution in [3.63, 3.8) is 0 Å². The molecule has 0 saturated heterocycles. The molecule has 40 heavy (non-hydrogen) atoms. The van der Waals surface area contributed by atoms with Crippen molar-refractivity contribution in [1.82, 2.24) is 8.75 Å². The number of thioether (sulfide) groups is 2. The Hall–Kier alpha value is -3.74. The van der Waals surface area contributed by atoms with Crippen molar-refractivity contribution in [1.29, 1.82) is 0 Å². The van der Waals surface area contributed by atoms with Gasteiger partial charge in [-0.25, -0.2) is 0 Å². The lowest BCUT2D eigenvalue weighted by atomic mass is 9.97. The number of rotatable bonds is 4. The lowest BCUT2D eigenvalue weighted by Gasteiger charge is -2.43. The maximum atomic E-state index is 4.96. The van der Waals surface area contributed by atoms with Crippen molar-refractivity contribution in [2.45, 2.75) is 34.9 Å². The highest BCUT2D eigenvalue weighted by molar-refractivity contribution is 8.03. The summed E-state index contributed by atoms with van der Waals surface area (Å²) >= 11 is 4.91. The number of fused-ring (bicyclic) bond motifs is 4. The second-order valence-electron chi connectivity index (χ2n) is 9.80. The maximum Gasteiger partial charge on any atom is 0.131 e. The molecule has 3 aliphatic rings. The molecule has 0 saturated carbocycles. The number of allylic oxidation sites excluding steroid dienone is 4. The smallest absolute Gasteiger partial charge is 0.131 e. The molecule has 0 fully saturated rings. The van der Waals surface area contributed by atoms with E-state index in [0.717, 1.165) is 44.3 Å². The molecule has 0 amide bonds. The van der Waals surface area contributed by atoms with Gasteiger partial charge in [0.15, 0.2) is 0 Å². The first-order valence-electron chi connectivity index (χ1n) is 13.1. The molecule has 4 nitrogen and oxygen atoms in total. The molecule has 0 spiro atoms. The normalized spacial score (nSPS) is 19.2. The van der Waals surface area contributed by atoms with Gasteiger partial charge in [-0.3, -0.25) is 0 Å². The number of nitrogens with zero attached hydrogens (tertiary/aromatic N) is 4. The van der Waals surface area contributed by atoms with Gasteiger partial charge in [0.2, 0.25) is 0 Å². The summed E-state index contributed by atoms with van der Waals surface area (Å²) in [5.41, 5.74) is 12.6. The minimum Gasteiger partial charge on any atom is -0.330 e. The summed E-state index contributed by atoms with van der Waals surface area (Å²) in [4.78, 5) is 8.28. The van der Waals surface area contributed by atoms with E-state index in [2.05, 4.69) is 115 Å². The van der Waals surface area contributed by atoms with Crippen LogP contribution < -0.4 is 9.80 Å². The van der Waals surface area contributed by atoms with Crippen molar-refractivity contribution < 1.29 is 0 Å². The van der Waals surface area contributed by atoms with E-state index in [9.17, 15) is 0 Å². The van der Waals surface area contributed by atoms with Crippen LogP contribution in [-0.2, 0) is 0 Å². The van der Waals surface area contributed by atoms with Crippen molar-refractivity contribution in [2.24, 2.45) is 0 Å². The molecule has 4 aromatic rings. The molecule has 0 radical (unpaired) electrons. The monoisotopic (exact) mass is 574 g/mol. The molecule has 2 unspecified atom stereocenters. The fourth-order valence-electron chi connectivity index (χ4n) is 5.79. The number of hydrogen-bond acceptors (Lipinski definition) is 7. The fraction of sp³-hybridized carbons (Fsp3) is 0.121. The fourth-order valence-corrected chi connectivity index (χ4v) is 8.58. The van der Waals surface area contributed by atoms with Gasteiger partial charge in [-0.1, -0.05) is 79.6 Å². The zero-order valence-corrected chi connectivity index (χ0v) is 24.6. The average Bonchev–Trinajstić information content (AvgIpc) is 3.46. The second kappa shape index (κ2) is 10.0. The van der Waals surface area contributed by atoms with Crippen molar-refractivity contribution >= 4 is 69.0 Å². The third-order valence-electron chi connectivity index (χ3n) is 7.66. The Morgan fingerprint density at radius 3 is 2.33 bits per heavy atom. The number of para-hydroxylation sites is 2. The Morgan fingerprint density at radius 2 is 1.55 bits per heavy atom. The summed E-state index contributed by atoms with van der Waals surface area (Å²) in [6.07, 6.45) is 12.8. The molecule has 7 heteroatoms. The average molecular weight is 575 g/mol. The topological polar surface area (TPSA) is 32.3 Å². The van der Waals surface area contributed by atoms with Gasteiger partial charge >= 0.3 is 0 Å². The Morgan fingerprint density at radius 1 is 0.875 bits per heavy atom. The number of anilines is 4. The van der Waals surface area contributed by atoms with E-state index >= 15 is 0 Å². The Bertz CT molecular complexity index is 1840. The van der Waals surface area contributed by atoms with Crippen LogP contribution in [0.3, 0.4) is 0 Å². The van der Waals surface area contributed by atoms with Gasteiger partial charge in [0.05, 0.1) is 51.5 Å². The van der Waals surface area contributed by atoms with Crippen LogP contribution in [0.2, 0.25) is 0 Å². The third kappa shape index (κ3) is 3.77. The summed E-state index contributed by atoms with van der Waals surface area (Å²) in [7, 11) is 0. The van der Waals surface area contributed by atoms with Crippen molar-refractivity contribution in [3.05, 3.63) is 126 Å². The van der Waals surface area contributed by atoms with E-state index in [1.807, 2.05) is 23.9 Å². The highest BCUT2D eigenvalue weighted by Gasteiger charge is 2.38. The molecule has 2 aliphatic heterocycles. The molecular formula is C33H26N4S3. The maximum absolute atomic E-state index is 4.96. The Balaban J connectivity index is 1.53. The van der Waals surface area contributed by atoms with Crippen molar-refractivity contribution in [2.75, 3.05) is 9.80 Å². The summed E-state index contributed by atoms with van der Waals surface area (Å²) < 4.78 is 9.91. The highest BCUT2D eigenvalue weighted by Crippen LogP contribution is 2.54. The molecular weight excluding hydrogens is 549 g/mol. The predicted molar refractivity (Wildman–Crippen MR) is 173 cm³/mol. The van der Waals surface area contributed by atoms with E-state index in [1.165, 1.54) is 32.8 Å². The summed E-state index contributed by atoms with van der Waals surface area (Å²) in [5, 5.41) is 0.314. The molecule has 0 bridgehead atoms. The lowest BCUT2D eigenvalue weighted by Crippen LogP contribution is -2.41. The minimum atomic E-state index is 0.178. The quantitative estimate of drug-likeness (QED) is 0.226. The first-order valence-corrected chi connectivity index (χ1v) is 15.5. The van der Waals surface area contributed by atoms with E-state index < -0.39 is 0 Å². The van der Waals surface area contributed by atoms with Gasteiger partial charge in [0, 0.05) is 20.8 Å². The van der Waals surface area contributed by atoms with Gasteiger partial charge in [-0.05, 0) is 49.2 Å². The Labute approximate surface area is 247 Å². The number of aromatic nitrogens is 2. The van der Waals surface area contributed by atoms with E-state index in [0.29, 0.717) is 5.25 Å². The van der Waals surface area contributed by atoms with E-state index in [1.54, 1.807) is 11.8 Å². The standard InChI is InChI=1S/C33H26N4S3/c1-5-13-22-26(6-2)38-27-17-10-7-14-23(27)36(22)32-20(3)21(4)33(31-30(32)34-40-35-31)37-24-15-8-11-18-28(24)39-29-19-12-9-16-25(29)37/h6-19,24,28H,1-2H2,3-4H3. The summed E-state index contributed by atoms with van der Waals surface area (Å²) in [6.45, 7) is 12.5. The molecule has 196 valence electrons. The minimum absolute atomic E-state index is 0.178. The van der Waals surface area contributed by atoms with Crippen LogP contribution in [0.5, 0.6) is 0 Å². The van der Waals surface area contributed by atoms with Crippen LogP contribution in [0, 0.1) is 13.8 Å². The van der Waals surface area contributed by atoms with Crippen LogP contribution in [0.25, 0.3) is 11.0 Å². The molecule has 2 atom stereocenters. The van der Waals surface area contributed by atoms with E-state index in [4.69, 9.17) is 8.75 Å². The predicted octanol–water partition coefficient (Wildman–Crippen LogP) is 9.40. The largest absolute Gasteiger partial charge is 0.330 e. The second-order valence-corrected chi connectivity index (χ2v) is 12.6. The lowest BCUT2D eigenvalue weighted by molar-refractivity contribution is 0.777. The Kier molecular flexibility index (Phi) is 6.32. The van der Waals surface area contributed by atoms with Crippen LogP contribution in [0.15, 0.2) is 124 Å². The van der Waals surface area contributed by atoms with Crippen LogP contribution >= 0.6 is 35.3 Å². The molecule has 3 heterocycles. The molecule has 7 rings (SSSR count). The SMILES string of the molecule is C=C=CC1=C(C=C)Sc2ccccc2N1c1c(C)c(C)c(N2c3ccccc3SC3C=CC=CC32)c2nsnc12. The molecule has 1 aliphatic carbocycles.